The predicted octanol–water partition coefficient (Wildman–Crippen LogP) is 0.898. The number of hydrogen-bond acceptors (Lipinski definition) is 4. The number of aliphatic hydroxyl groups is 1. The van der Waals surface area contributed by atoms with Gasteiger partial charge >= 0.3 is 0 Å². The Labute approximate surface area is 106 Å². The largest absolute Gasteiger partial charge is 0.491 e. The molecule has 1 unspecified atom stereocenters. The van der Waals surface area contributed by atoms with Crippen LogP contribution in [0.2, 0.25) is 0 Å². The van der Waals surface area contributed by atoms with Crippen LogP contribution in [0.1, 0.15) is 0 Å². The van der Waals surface area contributed by atoms with Crippen LogP contribution in [0.25, 0.3) is 0 Å². The van der Waals surface area contributed by atoms with Gasteiger partial charge in [-0.25, -0.2) is 4.39 Å². The average molecular weight is 255 g/mol. The molecule has 2 rings (SSSR count). The maximum absolute atomic E-state index is 12.9. The molecule has 0 bridgehead atoms. The zero-order valence-corrected chi connectivity index (χ0v) is 10.2. The van der Waals surface area contributed by atoms with E-state index in [1.165, 1.54) is 12.1 Å². The summed E-state index contributed by atoms with van der Waals surface area (Å²) in [6.45, 7) is 3.40. The second-order valence-corrected chi connectivity index (χ2v) is 4.29. The summed E-state index contributed by atoms with van der Waals surface area (Å²) in [6, 6.07) is 6.07. The highest BCUT2D eigenvalue weighted by Gasteiger charge is 2.20. The third kappa shape index (κ3) is 3.94. The van der Waals surface area contributed by atoms with Crippen LogP contribution in [0.3, 0.4) is 0 Å². The molecule has 0 aliphatic carbocycles. The van der Waals surface area contributed by atoms with Crippen molar-refractivity contribution in [2.75, 3.05) is 39.5 Å². The van der Waals surface area contributed by atoms with Crippen LogP contribution < -0.4 is 4.74 Å². The first-order valence-electron chi connectivity index (χ1n) is 6.11. The first kappa shape index (κ1) is 13.3. The van der Waals surface area contributed by atoms with Gasteiger partial charge in [-0.15, -0.1) is 0 Å². The zero-order valence-electron chi connectivity index (χ0n) is 10.2. The lowest BCUT2D eigenvalue weighted by Crippen LogP contribution is -2.45. The van der Waals surface area contributed by atoms with E-state index in [1.807, 2.05) is 0 Å². The molecule has 100 valence electrons. The molecule has 1 aromatic rings. The van der Waals surface area contributed by atoms with E-state index in [0.717, 1.165) is 13.1 Å². The van der Waals surface area contributed by atoms with Gasteiger partial charge in [-0.2, -0.15) is 0 Å². The second-order valence-electron chi connectivity index (χ2n) is 4.29. The fraction of sp³-hybridized carbons (Fsp3) is 0.538. The van der Waals surface area contributed by atoms with Crippen molar-refractivity contribution in [3.05, 3.63) is 30.1 Å². The molecule has 1 heterocycles. The van der Waals surface area contributed by atoms with E-state index in [2.05, 4.69) is 4.90 Å². The first-order valence-corrected chi connectivity index (χ1v) is 6.11. The minimum atomic E-state index is -0.307. The smallest absolute Gasteiger partial charge is 0.126 e. The molecule has 1 aliphatic rings. The number of benzene rings is 1. The Balaban J connectivity index is 1.79. The molecule has 1 saturated heterocycles. The highest BCUT2D eigenvalue weighted by molar-refractivity contribution is 5.22. The van der Waals surface area contributed by atoms with Crippen molar-refractivity contribution in [1.29, 1.82) is 0 Å². The molecule has 4 nitrogen and oxygen atoms in total. The second kappa shape index (κ2) is 6.68. The molecule has 1 N–H and O–H groups in total. The normalized spacial score (nSPS) is 20.9. The Kier molecular flexibility index (Phi) is 4.92. The Morgan fingerprint density at radius 3 is 3.17 bits per heavy atom. The quantitative estimate of drug-likeness (QED) is 0.848. The van der Waals surface area contributed by atoms with Gasteiger partial charge in [-0.3, -0.25) is 4.90 Å². The van der Waals surface area contributed by atoms with Crippen LogP contribution in [-0.4, -0.2) is 55.6 Å². The fourth-order valence-corrected chi connectivity index (χ4v) is 1.97. The summed E-state index contributed by atoms with van der Waals surface area (Å²) in [4.78, 5) is 2.13. The Bertz CT molecular complexity index is 373. The van der Waals surface area contributed by atoms with E-state index in [0.29, 0.717) is 25.5 Å². The van der Waals surface area contributed by atoms with Crippen LogP contribution in [-0.2, 0) is 4.74 Å². The summed E-state index contributed by atoms with van der Waals surface area (Å²) in [6.07, 6.45) is -0.0337. The lowest BCUT2D eigenvalue weighted by atomic mass is 10.3. The van der Waals surface area contributed by atoms with Crippen molar-refractivity contribution in [3.63, 3.8) is 0 Å². The topological polar surface area (TPSA) is 41.9 Å². The Morgan fingerprint density at radius 1 is 1.50 bits per heavy atom. The van der Waals surface area contributed by atoms with Gasteiger partial charge in [-0.05, 0) is 12.1 Å². The minimum absolute atomic E-state index is 0.0337. The summed E-state index contributed by atoms with van der Waals surface area (Å²) in [7, 11) is 0. The highest BCUT2D eigenvalue weighted by atomic mass is 19.1. The maximum atomic E-state index is 12.9. The number of β-amino-alcohol motifs (C(OH)–C–C–N with tert-alkyl or cyclic N) is 1. The lowest BCUT2D eigenvalue weighted by molar-refractivity contribution is -0.0508. The Morgan fingerprint density at radius 2 is 2.39 bits per heavy atom. The third-order valence-corrected chi connectivity index (χ3v) is 2.87. The number of aliphatic hydroxyl groups excluding tert-OH is 1. The van der Waals surface area contributed by atoms with Crippen molar-refractivity contribution in [1.82, 2.24) is 4.90 Å². The van der Waals surface area contributed by atoms with Crippen molar-refractivity contribution in [2.24, 2.45) is 0 Å². The van der Waals surface area contributed by atoms with Gasteiger partial charge in [0.2, 0.25) is 0 Å². The molecule has 0 aromatic heterocycles. The molecular formula is C13H18FNO3. The van der Waals surface area contributed by atoms with E-state index >= 15 is 0 Å². The monoisotopic (exact) mass is 255 g/mol. The molecule has 0 amide bonds. The summed E-state index contributed by atoms with van der Waals surface area (Å²) in [5, 5.41) is 8.89. The molecule has 1 aromatic carbocycles. The SMILES string of the molecule is OCCN1CCOC(COc2cccc(F)c2)C1. The van der Waals surface area contributed by atoms with Gasteiger partial charge in [0.15, 0.2) is 0 Å². The van der Waals surface area contributed by atoms with Gasteiger partial charge < -0.3 is 14.6 Å². The molecule has 0 saturated carbocycles. The van der Waals surface area contributed by atoms with Crippen LogP contribution >= 0.6 is 0 Å². The van der Waals surface area contributed by atoms with E-state index in [9.17, 15) is 4.39 Å². The first-order chi connectivity index (χ1) is 8.78. The van der Waals surface area contributed by atoms with Gasteiger partial charge in [0.25, 0.3) is 0 Å². The van der Waals surface area contributed by atoms with Crippen molar-refractivity contribution in [2.45, 2.75) is 6.10 Å². The van der Waals surface area contributed by atoms with Crippen molar-refractivity contribution < 1.29 is 19.0 Å². The molecule has 18 heavy (non-hydrogen) atoms. The van der Waals surface area contributed by atoms with Crippen LogP contribution in [0.15, 0.2) is 24.3 Å². The van der Waals surface area contributed by atoms with Gasteiger partial charge in [0.05, 0.1) is 13.2 Å². The summed E-state index contributed by atoms with van der Waals surface area (Å²) in [5.41, 5.74) is 0. The lowest BCUT2D eigenvalue weighted by Gasteiger charge is -2.32. The van der Waals surface area contributed by atoms with Crippen LogP contribution in [0.5, 0.6) is 5.75 Å². The van der Waals surface area contributed by atoms with Gasteiger partial charge in [0, 0.05) is 25.7 Å². The molecule has 5 heteroatoms. The summed E-state index contributed by atoms with van der Waals surface area (Å²) < 4.78 is 24.0. The van der Waals surface area contributed by atoms with E-state index in [-0.39, 0.29) is 18.5 Å². The molecular weight excluding hydrogens is 237 g/mol. The molecule has 1 fully saturated rings. The van der Waals surface area contributed by atoms with Crippen molar-refractivity contribution in [3.8, 4) is 5.75 Å². The molecule has 0 radical (unpaired) electrons. The standard InChI is InChI=1S/C13H18FNO3/c14-11-2-1-3-12(8-11)18-10-13-9-15(4-6-16)5-7-17-13/h1-3,8,13,16H,4-7,9-10H2. The van der Waals surface area contributed by atoms with Gasteiger partial charge in [-0.1, -0.05) is 6.07 Å². The van der Waals surface area contributed by atoms with Crippen LogP contribution in [0, 0.1) is 5.82 Å². The average Bonchev–Trinajstić information content (AvgIpc) is 2.37. The zero-order chi connectivity index (χ0) is 12.8. The Hall–Kier alpha value is -1.17. The van der Waals surface area contributed by atoms with E-state index in [1.54, 1.807) is 12.1 Å². The minimum Gasteiger partial charge on any atom is -0.491 e. The number of rotatable bonds is 5. The van der Waals surface area contributed by atoms with Gasteiger partial charge in [0.1, 0.15) is 24.3 Å². The number of nitrogens with zero attached hydrogens (tertiary/aromatic N) is 1. The van der Waals surface area contributed by atoms with E-state index in [4.69, 9.17) is 14.6 Å². The third-order valence-electron chi connectivity index (χ3n) is 2.87. The number of ether oxygens (including phenoxy) is 2. The molecule has 1 atom stereocenters. The maximum Gasteiger partial charge on any atom is 0.126 e. The number of hydrogen-bond donors (Lipinski definition) is 1. The fourth-order valence-electron chi connectivity index (χ4n) is 1.97. The molecule has 1 aliphatic heterocycles. The highest BCUT2D eigenvalue weighted by Crippen LogP contribution is 2.13. The summed E-state index contributed by atoms with van der Waals surface area (Å²) >= 11 is 0. The van der Waals surface area contributed by atoms with Crippen molar-refractivity contribution >= 4 is 0 Å². The number of morpholine rings is 1. The number of halogens is 1. The predicted molar refractivity (Wildman–Crippen MR) is 65.2 cm³/mol. The molecule has 0 spiro atoms. The van der Waals surface area contributed by atoms with E-state index < -0.39 is 0 Å². The summed E-state index contributed by atoms with van der Waals surface area (Å²) in [5.74, 6) is 0.205. The van der Waals surface area contributed by atoms with Crippen LogP contribution in [0.4, 0.5) is 4.39 Å².